The highest BCUT2D eigenvalue weighted by molar-refractivity contribution is 7.80. The number of ether oxygens (including phenoxy) is 1. The van der Waals surface area contributed by atoms with Crippen LogP contribution in [0.15, 0.2) is 0 Å². The number of nitrogens with one attached hydrogen (secondary N) is 1. The van der Waals surface area contributed by atoms with Crippen molar-refractivity contribution >= 4 is 30.3 Å². The number of amides is 1. The van der Waals surface area contributed by atoms with E-state index in [1.165, 1.54) is 0 Å². The van der Waals surface area contributed by atoms with Gasteiger partial charge < -0.3 is 15.2 Å². The van der Waals surface area contributed by atoms with Gasteiger partial charge in [-0.15, -0.1) is 0 Å². The lowest BCUT2D eigenvalue weighted by atomic mass is 9.83. The zero-order chi connectivity index (χ0) is 18.0. The molecule has 0 aliphatic heterocycles. The summed E-state index contributed by atoms with van der Waals surface area (Å²) in [6.07, 6.45) is -0.955. The molecule has 0 bridgehead atoms. The van der Waals surface area contributed by atoms with Crippen LogP contribution in [0.5, 0.6) is 0 Å². The highest BCUT2D eigenvalue weighted by Gasteiger charge is 2.34. The maximum Gasteiger partial charge on any atom is 0.407 e. The van der Waals surface area contributed by atoms with E-state index in [0.717, 1.165) is 0 Å². The maximum absolute atomic E-state index is 12.0. The molecule has 0 aromatic heterocycles. The minimum absolute atomic E-state index is 0.0457. The zero-order valence-corrected chi connectivity index (χ0v) is 15.3. The molecule has 0 fully saturated rings. The number of carbonyl (C=O) groups is 3. The monoisotopic (exact) mass is 347 g/mol. The Hall–Kier alpha value is -1.08. The van der Waals surface area contributed by atoms with Crippen molar-refractivity contribution in [1.29, 1.82) is 0 Å². The van der Waals surface area contributed by atoms with E-state index in [9.17, 15) is 19.5 Å². The number of ketones is 2. The van der Waals surface area contributed by atoms with E-state index in [-0.39, 0.29) is 30.5 Å². The minimum atomic E-state index is -1.24. The van der Waals surface area contributed by atoms with E-state index in [1.54, 1.807) is 13.8 Å². The summed E-state index contributed by atoms with van der Waals surface area (Å²) in [7, 11) is 0. The van der Waals surface area contributed by atoms with Crippen molar-refractivity contribution < 1.29 is 24.2 Å². The van der Waals surface area contributed by atoms with Gasteiger partial charge in [-0.3, -0.25) is 9.59 Å². The lowest BCUT2D eigenvalue weighted by Crippen LogP contribution is -2.41. The van der Waals surface area contributed by atoms with Gasteiger partial charge in [0.15, 0.2) is 5.78 Å². The highest BCUT2D eigenvalue weighted by atomic mass is 32.1. The molecule has 0 spiro atoms. The van der Waals surface area contributed by atoms with Gasteiger partial charge in [0.2, 0.25) is 0 Å². The molecule has 1 amide bonds. The number of alkyl carbamates (subject to hydrolysis) is 1. The van der Waals surface area contributed by atoms with Gasteiger partial charge in [0.05, 0.1) is 0 Å². The first-order valence-corrected chi connectivity index (χ1v) is 8.50. The van der Waals surface area contributed by atoms with Gasteiger partial charge in [0.1, 0.15) is 18.5 Å². The van der Waals surface area contributed by atoms with Gasteiger partial charge in [-0.2, -0.15) is 12.6 Å². The van der Waals surface area contributed by atoms with Crippen molar-refractivity contribution in [2.24, 2.45) is 11.3 Å². The predicted octanol–water partition coefficient (Wildman–Crippen LogP) is 1.99. The molecule has 0 aliphatic rings. The van der Waals surface area contributed by atoms with Crippen LogP contribution in [0.4, 0.5) is 4.79 Å². The van der Waals surface area contributed by atoms with Gasteiger partial charge in [-0.1, -0.05) is 27.7 Å². The first-order valence-electron chi connectivity index (χ1n) is 7.86. The van der Waals surface area contributed by atoms with Crippen molar-refractivity contribution in [2.45, 2.75) is 53.1 Å². The largest absolute Gasteiger partial charge is 0.449 e. The summed E-state index contributed by atoms with van der Waals surface area (Å²) in [5, 5.41) is 12.6. The van der Waals surface area contributed by atoms with E-state index in [4.69, 9.17) is 4.74 Å². The van der Waals surface area contributed by atoms with Gasteiger partial charge in [0, 0.05) is 36.5 Å². The lowest BCUT2D eigenvalue weighted by Gasteiger charge is -2.29. The van der Waals surface area contributed by atoms with Crippen LogP contribution in [-0.4, -0.2) is 47.8 Å². The number of rotatable bonds is 11. The van der Waals surface area contributed by atoms with Crippen molar-refractivity contribution in [3.8, 4) is 0 Å². The first kappa shape index (κ1) is 21.9. The van der Waals surface area contributed by atoms with Gasteiger partial charge in [0.25, 0.3) is 0 Å². The van der Waals surface area contributed by atoms with Crippen LogP contribution in [0, 0.1) is 11.3 Å². The van der Waals surface area contributed by atoms with E-state index in [2.05, 4.69) is 17.9 Å². The minimum Gasteiger partial charge on any atom is -0.449 e. The van der Waals surface area contributed by atoms with Crippen molar-refractivity contribution in [1.82, 2.24) is 5.32 Å². The van der Waals surface area contributed by atoms with Gasteiger partial charge >= 0.3 is 6.09 Å². The molecule has 0 heterocycles. The molecule has 23 heavy (non-hydrogen) atoms. The van der Waals surface area contributed by atoms with Gasteiger partial charge in [-0.05, 0) is 6.42 Å². The molecule has 7 heteroatoms. The van der Waals surface area contributed by atoms with E-state index < -0.39 is 17.6 Å². The normalized spacial score (nSPS) is 12.8. The first-order chi connectivity index (χ1) is 10.6. The molecule has 134 valence electrons. The van der Waals surface area contributed by atoms with Crippen LogP contribution in [0.2, 0.25) is 0 Å². The molecule has 0 unspecified atom stereocenters. The lowest BCUT2D eigenvalue weighted by molar-refractivity contribution is -0.135. The fraction of sp³-hybridized carbons (Fsp3) is 0.812. The topological polar surface area (TPSA) is 92.7 Å². The average molecular weight is 347 g/mol. The van der Waals surface area contributed by atoms with Crippen LogP contribution < -0.4 is 5.32 Å². The molecule has 0 aromatic carbocycles. The van der Waals surface area contributed by atoms with Crippen LogP contribution in [0.3, 0.4) is 0 Å². The van der Waals surface area contributed by atoms with Crippen molar-refractivity contribution in [2.75, 3.05) is 18.9 Å². The second kappa shape index (κ2) is 10.6. The second-order valence-electron chi connectivity index (χ2n) is 6.56. The van der Waals surface area contributed by atoms with Crippen molar-refractivity contribution in [3.05, 3.63) is 0 Å². The summed E-state index contributed by atoms with van der Waals surface area (Å²) in [6.45, 7) is 7.24. The summed E-state index contributed by atoms with van der Waals surface area (Å²) in [6, 6.07) is 0. The molecule has 0 saturated heterocycles. The van der Waals surface area contributed by atoms with Crippen LogP contribution >= 0.6 is 12.6 Å². The summed E-state index contributed by atoms with van der Waals surface area (Å²) in [5.74, 6) is 0.214. The second-order valence-corrected chi connectivity index (χ2v) is 7.01. The quantitative estimate of drug-likeness (QED) is 0.497. The van der Waals surface area contributed by atoms with Crippen LogP contribution in [-0.2, 0) is 14.3 Å². The molecule has 0 saturated carbocycles. The fourth-order valence-electron chi connectivity index (χ4n) is 1.84. The summed E-state index contributed by atoms with van der Waals surface area (Å²) in [5.41, 5.74) is -0.891. The number of hydrogen-bond donors (Lipinski definition) is 3. The molecule has 0 radical (unpaired) electrons. The predicted molar refractivity (Wildman–Crippen MR) is 91.7 cm³/mol. The van der Waals surface area contributed by atoms with E-state index in [0.29, 0.717) is 25.1 Å². The molecule has 2 N–H and O–H groups in total. The number of hydrogen-bond acceptors (Lipinski definition) is 6. The molecule has 0 aliphatic carbocycles. The number of carbonyl (C=O) groups excluding carboxylic acids is 3. The molecule has 0 aromatic rings. The number of aliphatic hydroxyl groups excluding tert-OH is 1. The van der Waals surface area contributed by atoms with E-state index >= 15 is 0 Å². The maximum atomic E-state index is 12.0. The summed E-state index contributed by atoms with van der Waals surface area (Å²) < 4.78 is 5.00. The third-order valence-corrected chi connectivity index (χ3v) is 3.72. The SMILES string of the molecule is CC(C)C(=O)CCCC(=O)[C@H](O)C(C)(C)COC(=O)NCCS. The number of thiol groups is 1. The Morgan fingerprint density at radius 1 is 1.17 bits per heavy atom. The smallest absolute Gasteiger partial charge is 0.407 e. The average Bonchev–Trinajstić information content (AvgIpc) is 2.49. The zero-order valence-electron chi connectivity index (χ0n) is 14.4. The van der Waals surface area contributed by atoms with E-state index in [1.807, 2.05) is 13.8 Å². The molecular formula is C16H29NO5S. The third-order valence-electron chi connectivity index (χ3n) is 3.49. The Morgan fingerprint density at radius 3 is 2.26 bits per heavy atom. The highest BCUT2D eigenvalue weighted by Crippen LogP contribution is 2.23. The fourth-order valence-corrected chi connectivity index (χ4v) is 1.95. The van der Waals surface area contributed by atoms with Crippen LogP contribution in [0.25, 0.3) is 0 Å². The Balaban J connectivity index is 4.27. The number of Topliss-reactive ketones (excluding diaryl/α,β-unsaturated/α-hetero) is 2. The standard InChI is InChI=1S/C16H29NO5S/c1-11(2)12(18)6-5-7-13(19)14(20)16(3,4)10-22-15(21)17-8-9-23/h11,14,20,23H,5-10H2,1-4H3,(H,17,21)/t14-/m0/s1. The molecule has 0 rings (SSSR count). The number of aliphatic hydroxyl groups is 1. The Kier molecular flexibility index (Phi) is 10.1. The van der Waals surface area contributed by atoms with Gasteiger partial charge in [-0.25, -0.2) is 4.79 Å². The Labute approximate surface area is 143 Å². The van der Waals surface area contributed by atoms with Crippen LogP contribution in [0.1, 0.15) is 47.0 Å². The Morgan fingerprint density at radius 2 is 1.74 bits per heavy atom. The third kappa shape index (κ3) is 8.95. The Bertz CT molecular complexity index is 409. The summed E-state index contributed by atoms with van der Waals surface area (Å²) in [4.78, 5) is 34.9. The molecular weight excluding hydrogens is 318 g/mol. The van der Waals surface area contributed by atoms with Crippen molar-refractivity contribution in [3.63, 3.8) is 0 Å². The summed E-state index contributed by atoms with van der Waals surface area (Å²) >= 11 is 3.96. The molecule has 6 nitrogen and oxygen atoms in total. The molecule has 1 atom stereocenters.